The van der Waals surface area contributed by atoms with Gasteiger partial charge in [-0.3, -0.25) is 4.79 Å². The first-order valence-electron chi connectivity index (χ1n) is 13.0. The molecule has 2 N–H and O–H groups in total. The molecular formula is C30H32ClN5O3. The molecule has 1 fully saturated rings. The first kappa shape index (κ1) is 26.7. The summed E-state index contributed by atoms with van der Waals surface area (Å²) in [5.74, 6) is 0.368. The molecule has 2 aromatic carbocycles. The highest BCUT2D eigenvalue weighted by Gasteiger charge is 2.48. The van der Waals surface area contributed by atoms with Crippen LogP contribution in [0.3, 0.4) is 0 Å². The number of nitrogens with one attached hydrogen (secondary N) is 2. The summed E-state index contributed by atoms with van der Waals surface area (Å²) < 4.78 is 7.58. The van der Waals surface area contributed by atoms with Gasteiger partial charge in [-0.05, 0) is 69.0 Å². The van der Waals surface area contributed by atoms with Crippen molar-refractivity contribution in [2.45, 2.75) is 63.8 Å². The molecule has 1 saturated carbocycles. The Hall–Kier alpha value is -3.91. The number of alkyl carbamates (subject to hydrolysis) is 1. The zero-order chi connectivity index (χ0) is 27.6. The van der Waals surface area contributed by atoms with Crippen LogP contribution in [0.1, 0.15) is 50.6 Å². The van der Waals surface area contributed by atoms with Crippen LogP contribution >= 0.6 is 11.6 Å². The molecule has 0 aliphatic heterocycles. The minimum Gasteiger partial charge on any atom is -0.444 e. The van der Waals surface area contributed by atoms with E-state index < -0.39 is 17.7 Å². The Labute approximate surface area is 232 Å². The monoisotopic (exact) mass is 545 g/mol. The molecule has 8 nitrogen and oxygen atoms in total. The lowest BCUT2D eigenvalue weighted by Crippen LogP contribution is -2.49. The summed E-state index contributed by atoms with van der Waals surface area (Å²) in [5, 5.41) is 6.34. The van der Waals surface area contributed by atoms with Crippen LogP contribution in [0.4, 0.5) is 4.79 Å². The van der Waals surface area contributed by atoms with E-state index in [1.54, 1.807) is 39.1 Å². The third kappa shape index (κ3) is 6.06. The van der Waals surface area contributed by atoms with Gasteiger partial charge in [-0.15, -0.1) is 0 Å². The summed E-state index contributed by atoms with van der Waals surface area (Å²) in [6.07, 6.45) is 3.29. The molecule has 5 rings (SSSR count). The summed E-state index contributed by atoms with van der Waals surface area (Å²) in [7, 11) is 0. The average molecular weight is 546 g/mol. The number of fused-ring (bicyclic) bond motifs is 1. The second-order valence-corrected chi connectivity index (χ2v) is 11.3. The zero-order valence-corrected chi connectivity index (χ0v) is 23.0. The highest BCUT2D eigenvalue weighted by Crippen LogP contribution is 2.51. The Balaban J connectivity index is 1.40. The molecule has 2 aromatic heterocycles. The maximum Gasteiger partial charge on any atom is 0.408 e. The third-order valence-corrected chi connectivity index (χ3v) is 6.98. The van der Waals surface area contributed by atoms with Gasteiger partial charge in [0, 0.05) is 17.6 Å². The molecule has 202 valence electrons. The number of nitrogens with zero attached hydrogens (tertiary/aromatic N) is 3. The van der Waals surface area contributed by atoms with E-state index in [0.29, 0.717) is 10.8 Å². The molecule has 4 aromatic rings. The largest absolute Gasteiger partial charge is 0.444 e. The van der Waals surface area contributed by atoms with E-state index in [9.17, 15) is 9.59 Å². The molecule has 0 spiro atoms. The van der Waals surface area contributed by atoms with Crippen molar-refractivity contribution < 1.29 is 14.3 Å². The van der Waals surface area contributed by atoms with Crippen molar-refractivity contribution in [1.82, 2.24) is 25.2 Å². The maximum atomic E-state index is 13.5. The SMILES string of the molecule is CC(C)(C)OC(=O)N[C@H](Cc1ccc(Cl)cc1)C(=O)NCc1nc2cccnc2n1C1(c2ccccc2)CC1. The first-order valence-corrected chi connectivity index (χ1v) is 13.4. The lowest BCUT2D eigenvalue weighted by atomic mass is 10.0. The van der Waals surface area contributed by atoms with Crippen LogP contribution in [0.15, 0.2) is 72.9 Å². The molecule has 0 saturated heterocycles. The number of ether oxygens (including phenoxy) is 1. The summed E-state index contributed by atoms with van der Waals surface area (Å²) in [6, 6.07) is 20.4. The second-order valence-electron chi connectivity index (χ2n) is 10.9. The van der Waals surface area contributed by atoms with Gasteiger partial charge in [-0.2, -0.15) is 0 Å². The maximum absolute atomic E-state index is 13.5. The van der Waals surface area contributed by atoms with Gasteiger partial charge < -0.3 is 19.9 Å². The van der Waals surface area contributed by atoms with Gasteiger partial charge in [0.05, 0.1) is 12.1 Å². The van der Waals surface area contributed by atoms with Crippen molar-refractivity contribution in [3.05, 3.63) is 94.9 Å². The number of rotatable bonds is 8. The van der Waals surface area contributed by atoms with Gasteiger partial charge in [0.15, 0.2) is 5.65 Å². The Kier molecular flexibility index (Phi) is 7.32. The van der Waals surface area contributed by atoms with Gasteiger partial charge in [-0.1, -0.05) is 54.1 Å². The molecular weight excluding hydrogens is 514 g/mol. The number of imidazole rings is 1. The van der Waals surface area contributed by atoms with Crippen LogP contribution in [0, 0.1) is 0 Å². The first-order chi connectivity index (χ1) is 18.6. The van der Waals surface area contributed by atoms with Crippen molar-refractivity contribution in [3.63, 3.8) is 0 Å². The lowest BCUT2D eigenvalue weighted by molar-refractivity contribution is -0.123. The molecule has 9 heteroatoms. The van der Waals surface area contributed by atoms with Gasteiger partial charge in [0.1, 0.15) is 23.0 Å². The number of amides is 2. The van der Waals surface area contributed by atoms with E-state index >= 15 is 0 Å². The van der Waals surface area contributed by atoms with Crippen LogP contribution in [-0.4, -0.2) is 38.2 Å². The van der Waals surface area contributed by atoms with E-state index in [1.807, 2.05) is 42.5 Å². The molecule has 2 amide bonds. The van der Waals surface area contributed by atoms with Gasteiger partial charge in [0.2, 0.25) is 5.91 Å². The summed E-state index contributed by atoms with van der Waals surface area (Å²) >= 11 is 6.04. The fourth-order valence-corrected chi connectivity index (χ4v) is 4.97. The fraction of sp³-hybridized carbons (Fsp3) is 0.333. The van der Waals surface area contributed by atoms with Crippen molar-refractivity contribution >= 4 is 34.8 Å². The van der Waals surface area contributed by atoms with Crippen LogP contribution in [0.5, 0.6) is 0 Å². The number of hydrogen-bond donors (Lipinski definition) is 2. The van der Waals surface area contributed by atoms with Crippen LogP contribution in [-0.2, 0) is 28.0 Å². The second kappa shape index (κ2) is 10.7. The van der Waals surface area contributed by atoms with Crippen molar-refractivity contribution in [2.75, 3.05) is 0 Å². The zero-order valence-electron chi connectivity index (χ0n) is 22.3. The number of hydrogen-bond acceptors (Lipinski definition) is 5. The van der Waals surface area contributed by atoms with Crippen LogP contribution in [0.25, 0.3) is 11.2 Å². The molecule has 1 aliphatic rings. The van der Waals surface area contributed by atoms with Crippen LogP contribution < -0.4 is 10.6 Å². The molecule has 2 heterocycles. The van der Waals surface area contributed by atoms with Gasteiger partial charge >= 0.3 is 6.09 Å². The minimum atomic E-state index is -0.860. The highest BCUT2D eigenvalue weighted by atomic mass is 35.5. The van der Waals surface area contributed by atoms with Crippen molar-refractivity contribution in [2.24, 2.45) is 0 Å². The Morgan fingerprint density at radius 1 is 1.05 bits per heavy atom. The molecule has 1 aliphatic carbocycles. The van der Waals surface area contributed by atoms with E-state index in [1.165, 1.54) is 5.56 Å². The summed E-state index contributed by atoms with van der Waals surface area (Å²) in [5.41, 5.74) is 2.66. The smallest absolute Gasteiger partial charge is 0.408 e. The molecule has 0 bridgehead atoms. The Morgan fingerprint density at radius 2 is 1.77 bits per heavy atom. The summed E-state index contributed by atoms with van der Waals surface area (Å²) in [6.45, 7) is 5.51. The van der Waals surface area contributed by atoms with Crippen LogP contribution in [0.2, 0.25) is 5.02 Å². The molecule has 39 heavy (non-hydrogen) atoms. The third-order valence-electron chi connectivity index (χ3n) is 6.73. The standard InChI is InChI=1S/C30H32ClN5O3/c1-29(2,3)39-28(38)35-24(18-20-11-13-22(31)14-12-20)27(37)33-19-25-34-23-10-7-17-32-26(23)36(25)30(15-16-30)21-8-5-4-6-9-21/h4-14,17,24H,15-16,18-19H2,1-3H3,(H,33,37)(H,35,38)/t24-/m1/s1. The molecule has 1 atom stereocenters. The van der Waals surface area contributed by atoms with E-state index in [2.05, 4.69) is 32.3 Å². The predicted octanol–water partition coefficient (Wildman–Crippen LogP) is 5.37. The van der Waals surface area contributed by atoms with E-state index in [4.69, 9.17) is 21.3 Å². The van der Waals surface area contributed by atoms with Gasteiger partial charge in [0.25, 0.3) is 0 Å². The minimum absolute atomic E-state index is 0.177. The number of benzene rings is 2. The van der Waals surface area contributed by atoms with E-state index in [-0.39, 0.29) is 24.4 Å². The summed E-state index contributed by atoms with van der Waals surface area (Å²) in [4.78, 5) is 35.6. The highest BCUT2D eigenvalue weighted by molar-refractivity contribution is 6.30. The number of carbonyl (C=O) groups is 2. The van der Waals surface area contributed by atoms with Crippen molar-refractivity contribution in [1.29, 1.82) is 0 Å². The molecule has 0 unspecified atom stereocenters. The quantitative estimate of drug-likeness (QED) is 0.310. The fourth-order valence-electron chi connectivity index (χ4n) is 4.84. The number of carbonyl (C=O) groups excluding carboxylic acids is 2. The number of pyridine rings is 1. The Morgan fingerprint density at radius 3 is 2.44 bits per heavy atom. The van der Waals surface area contributed by atoms with E-state index in [0.717, 1.165) is 29.6 Å². The lowest BCUT2D eigenvalue weighted by Gasteiger charge is -2.24. The topological polar surface area (TPSA) is 98.1 Å². The van der Waals surface area contributed by atoms with Gasteiger partial charge in [-0.25, -0.2) is 14.8 Å². The number of halogens is 1. The Bertz CT molecular complexity index is 1470. The number of aromatic nitrogens is 3. The average Bonchev–Trinajstić information content (AvgIpc) is 3.61. The van der Waals surface area contributed by atoms with Crippen molar-refractivity contribution in [3.8, 4) is 0 Å². The molecule has 0 radical (unpaired) electrons. The predicted molar refractivity (Wildman–Crippen MR) is 150 cm³/mol. The normalized spacial score (nSPS) is 15.0.